The van der Waals surface area contributed by atoms with E-state index < -0.39 is 16.1 Å². The van der Waals surface area contributed by atoms with Crippen LogP contribution in [0.3, 0.4) is 0 Å². The molecule has 0 saturated carbocycles. The lowest BCUT2D eigenvalue weighted by Crippen LogP contribution is -2.29. The van der Waals surface area contributed by atoms with Crippen LogP contribution in [0.15, 0.2) is 36.7 Å². The van der Waals surface area contributed by atoms with Crippen molar-refractivity contribution in [3.8, 4) is 22.9 Å². The van der Waals surface area contributed by atoms with E-state index in [0.717, 1.165) is 32.9 Å². The number of benzene rings is 1. The highest BCUT2D eigenvalue weighted by Gasteiger charge is 2.25. The molecule has 0 aliphatic carbocycles. The molecule has 4 heteroatoms. The number of pyridine rings is 2. The summed E-state index contributed by atoms with van der Waals surface area (Å²) in [5.41, 5.74) is 11.2. The van der Waals surface area contributed by atoms with E-state index in [4.69, 9.17) is 9.97 Å². The zero-order valence-corrected chi connectivity index (χ0v) is 22.6. The molecule has 0 aliphatic heterocycles. The summed E-state index contributed by atoms with van der Waals surface area (Å²) in [6.45, 7) is 13.7. The molecule has 0 bridgehead atoms. The van der Waals surface area contributed by atoms with Crippen LogP contribution in [0.4, 0.5) is 0 Å². The smallest absolute Gasteiger partial charge is 0.138 e. The third kappa shape index (κ3) is 4.98. The van der Waals surface area contributed by atoms with Crippen molar-refractivity contribution in [1.82, 2.24) is 9.97 Å². The van der Waals surface area contributed by atoms with Crippen molar-refractivity contribution in [3.05, 3.63) is 47.8 Å². The lowest BCUT2D eigenvalue weighted by Gasteiger charge is -2.20. The first-order chi connectivity index (χ1) is 15.5. The van der Waals surface area contributed by atoms with E-state index in [1.807, 2.05) is 12.4 Å². The lowest BCUT2D eigenvalue weighted by atomic mass is 10.1. The van der Waals surface area contributed by atoms with Gasteiger partial charge in [-0.3, -0.25) is 9.97 Å². The average Bonchev–Trinajstić information content (AvgIpc) is 2.86. The third-order valence-electron chi connectivity index (χ3n) is 7.51. The van der Waals surface area contributed by atoms with E-state index in [-0.39, 0.29) is 0 Å². The Bertz CT molecular complexity index is 1100. The molecule has 0 atom stereocenters. The van der Waals surface area contributed by atoms with Crippen LogP contribution in [-0.2, 0) is 0 Å². The van der Waals surface area contributed by atoms with E-state index >= 15 is 0 Å². The summed E-state index contributed by atoms with van der Waals surface area (Å²) < 4.78 is 0. The summed E-state index contributed by atoms with van der Waals surface area (Å²) in [7, 11) is -2.92. The standard InChI is InChI=1S/C28H36N2Si2/c1-7-31(8-2,9-3)17-15-23-19-25-13-14-26-20-24(16-18-32(10-4,11-5)12-6)22-30-28(26)27(25)29-21-23/h13-14,19-22H,7-12H2,1-6H3. The Hall–Kier alpha value is -2.41. The predicted molar refractivity (Wildman–Crippen MR) is 145 cm³/mol. The van der Waals surface area contributed by atoms with Crippen molar-refractivity contribution in [2.24, 2.45) is 0 Å². The van der Waals surface area contributed by atoms with E-state index in [1.54, 1.807) is 0 Å². The third-order valence-corrected chi connectivity index (χ3v) is 16.9. The van der Waals surface area contributed by atoms with Crippen LogP contribution in [0.25, 0.3) is 21.8 Å². The topological polar surface area (TPSA) is 25.8 Å². The van der Waals surface area contributed by atoms with Gasteiger partial charge in [0, 0.05) is 34.3 Å². The maximum Gasteiger partial charge on any atom is 0.138 e. The second-order valence-corrected chi connectivity index (χ2v) is 18.7. The molecule has 3 aromatic rings. The molecule has 166 valence electrons. The highest BCUT2D eigenvalue weighted by atomic mass is 28.3. The quantitative estimate of drug-likeness (QED) is 0.217. The molecule has 2 nitrogen and oxygen atoms in total. The van der Waals surface area contributed by atoms with Crippen LogP contribution in [0.5, 0.6) is 0 Å². The van der Waals surface area contributed by atoms with Crippen LogP contribution in [0.1, 0.15) is 52.7 Å². The summed E-state index contributed by atoms with van der Waals surface area (Å²) in [6.07, 6.45) is 3.82. The van der Waals surface area contributed by atoms with Gasteiger partial charge in [0.2, 0.25) is 0 Å². The lowest BCUT2D eigenvalue weighted by molar-refractivity contribution is 1.20. The predicted octanol–water partition coefficient (Wildman–Crippen LogP) is 7.58. The normalized spacial score (nSPS) is 11.7. The maximum absolute atomic E-state index is 4.76. The first-order valence-electron chi connectivity index (χ1n) is 12.2. The first kappa shape index (κ1) is 24.2. The van der Waals surface area contributed by atoms with E-state index in [9.17, 15) is 0 Å². The molecule has 0 N–H and O–H groups in total. The van der Waals surface area contributed by atoms with Gasteiger partial charge in [0.05, 0.1) is 11.0 Å². The Morgan fingerprint density at radius 2 is 0.938 bits per heavy atom. The van der Waals surface area contributed by atoms with Gasteiger partial charge in [0.1, 0.15) is 16.1 Å². The van der Waals surface area contributed by atoms with Gasteiger partial charge in [-0.1, -0.05) is 65.5 Å². The molecule has 3 rings (SSSR count). The second-order valence-electron chi connectivity index (χ2n) is 8.84. The molecule has 1 aromatic carbocycles. The van der Waals surface area contributed by atoms with Crippen LogP contribution in [-0.4, -0.2) is 26.1 Å². The van der Waals surface area contributed by atoms with Gasteiger partial charge in [0.25, 0.3) is 0 Å². The summed E-state index contributed by atoms with van der Waals surface area (Å²) in [4.78, 5) is 9.53. The van der Waals surface area contributed by atoms with Crippen LogP contribution < -0.4 is 0 Å². The zero-order valence-electron chi connectivity index (χ0n) is 20.6. The highest BCUT2D eigenvalue weighted by Crippen LogP contribution is 2.24. The Morgan fingerprint density at radius 1 is 0.594 bits per heavy atom. The zero-order chi connectivity index (χ0) is 23.2. The van der Waals surface area contributed by atoms with E-state index in [0.29, 0.717) is 0 Å². The van der Waals surface area contributed by atoms with Crippen LogP contribution >= 0.6 is 0 Å². The van der Waals surface area contributed by atoms with Crippen molar-refractivity contribution in [2.45, 2.75) is 77.8 Å². The summed E-state index contributed by atoms with van der Waals surface area (Å²) >= 11 is 0. The molecule has 0 spiro atoms. The molecule has 32 heavy (non-hydrogen) atoms. The molecule has 2 aromatic heterocycles. The summed E-state index contributed by atoms with van der Waals surface area (Å²) in [5.74, 6) is 6.90. The van der Waals surface area contributed by atoms with E-state index in [1.165, 1.54) is 36.3 Å². The Morgan fingerprint density at radius 3 is 1.25 bits per heavy atom. The molecule has 0 unspecified atom stereocenters. The number of fused-ring (bicyclic) bond motifs is 3. The first-order valence-corrected chi connectivity index (χ1v) is 17.5. The maximum atomic E-state index is 4.76. The summed E-state index contributed by atoms with van der Waals surface area (Å²) in [6, 6.07) is 15.9. The minimum absolute atomic E-state index is 0.942. The van der Waals surface area contributed by atoms with Crippen molar-refractivity contribution >= 4 is 38.0 Å². The van der Waals surface area contributed by atoms with Gasteiger partial charge >= 0.3 is 0 Å². The number of nitrogens with zero attached hydrogens (tertiary/aromatic N) is 2. The van der Waals surface area contributed by atoms with Gasteiger partial charge in [-0.2, -0.15) is 0 Å². The van der Waals surface area contributed by atoms with E-state index in [2.05, 4.69) is 88.7 Å². The Balaban J connectivity index is 1.98. The van der Waals surface area contributed by atoms with Crippen LogP contribution in [0, 0.1) is 22.9 Å². The molecular formula is C28H36N2Si2. The fourth-order valence-electron chi connectivity index (χ4n) is 4.37. The molecule has 0 aliphatic rings. The highest BCUT2D eigenvalue weighted by molar-refractivity contribution is 6.87. The van der Waals surface area contributed by atoms with Gasteiger partial charge in [0.15, 0.2) is 0 Å². The van der Waals surface area contributed by atoms with Gasteiger partial charge < -0.3 is 0 Å². The van der Waals surface area contributed by atoms with Crippen molar-refractivity contribution in [1.29, 1.82) is 0 Å². The summed E-state index contributed by atoms with van der Waals surface area (Å²) in [5, 5.41) is 2.20. The van der Waals surface area contributed by atoms with Gasteiger partial charge in [-0.05, 0) is 48.4 Å². The molecule has 2 heterocycles. The molecular weight excluding hydrogens is 420 g/mol. The number of rotatable bonds is 6. The number of aromatic nitrogens is 2. The fourth-order valence-corrected chi connectivity index (χ4v) is 9.25. The largest absolute Gasteiger partial charge is 0.253 e. The minimum atomic E-state index is -1.46. The fraction of sp³-hybridized carbons (Fsp3) is 0.429. The monoisotopic (exact) mass is 456 g/mol. The second kappa shape index (κ2) is 10.5. The van der Waals surface area contributed by atoms with Crippen LogP contribution in [0.2, 0.25) is 36.3 Å². The molecule has 0 saturated heterocycles. The SMILES string of the molecule is CC[Si](C#Cc1cnc2c(ccc3cc(C#C[Si](CC)(CC)CC)cnc32)c1)(CC)CC. The molecule has 0 fully saturated rings. The van der Waals surface area contributed by atoms with Crippen molar-refractivity contribution in [2.75, 3.05) is 0 Å². The van der Waals surface area contributed by atoms with Gasteiger partial charge in [-0.25, -0.2) is 0 Å². The number of hydrogen-bond acceptors (Lipinski definition) is 2. The number of hydrogen-bond donors (Lipinski definition) is 0. The molecule has 0 amide bonds. The Kier molecular flexibility index (Phi) is 7.93. The van der Waals surface area contributed by atoms with Crippen molar-refractivity contribution < 1.29 is 0 Å². The van der Waals surface area contributed by atoms with Gasteiger partial charge in [-0.15, -0.1) is 11.1 Å². The Labute approximate surface area is 196 Å². The molecule has 0 radical (unpaired) electrons. The van der Waals surface area contributed by atoms with Crippen molar-refractivity contribution in [3.63, 3.8) is 0 Å². The minimum Gasteiger partial charge on any atom is -0.253 e. The average molecular weight is 457 g/mol.